The van der Waals surface area contributed by atoms with E-state index in [0.717, 1.165) is 72.1 Å². The molecule has 4 aromatic rings. The number of aliphatic hydroxyl groups excluding tert-OH is 1. The van der Waals surface area contributed by atoms with Gasteiger partial charge in [0.25, 0.3) is 0 Å². The van der Waals surface area contributed by atoms with Crippen molar-refractivity contribution >= 4 is 27.8 Å². The molecule has 0 unspecified atom stereocenters. The topological polar surface area (TPSA) is 89.0 Å². The van der Waals surface area contributed by atoms with Gasteiger partial charge in [0.15, 0.2) is 5.82 Å². The third-order valence-electron chi connectivity index (χ3n) is 5.81. The zero-order valence-electron chi connectivity index (χ0n) is 20.4. The highest BCUT2D eigenvalue weighted by Crippen LogP contribution is 2.30. The molecule has 33 heavy (non-hydrogen) atoms. The number of nitrogens with two attached hydrogens (primary N) is 1. The van der Waals surface area contributed by atoms with Gasteiger partial charge in [0.1, 0.15) is 11.3 Å². The van der Waals surface area contributed by atoms with Crippen LogP contribution in [-0.4, -0.2) is 26.7 Å². The molecule has 0 aliphatic heterocycles. The van der Waals surface area contributed by atoms with E-state index >= 15 is 0 Å². The molecule has 0 radical (unpaired) electrons. The number of nitrogens with one attached hydrogen (secondary N) is 1. The zero-order valence-corrected chi connectivity index (χ0v) is 20.4. The predicted octanol–water partition coefficient (Wildman–Crippen LogP) is 4.99. The van der Waals surface area contributed by atoms with Crippen LogP contribution in [-0.2, 0) is 32.5 Å². The molecule has 0 aliphatic rings. The number of rotatable bonds is 9. The summed E-state index contributed by atoms with van der Waals surface area (Å²) in [6.07, 6.45) is 4.04. The smallest absolute Gasteiger partial charge is 0.152 e. The molecule has 0 saturated carbocycles. The Bertz CT molecular complexity index is 1180. The van der Waals surface area contributed by atoms with E-state index in [2.05, 4.69) is 46.1 Å². The first-order valence-corrected chi connectivity index (χ1v) is 12.0. The van der Waals surface area contributed by atoms with Gasteiger partial charge in [-0.25, -0.2) is 9.97 Å². The Morgan fingerprint density at radius 1 is 0.970 bits per heavy atom. The number of hydrogen-bond acceptors (Lipinski definition) is 5. The molecule has 0 spiro atoms. The fourth-order valence-corrected chi connectivity index (χ4v) is 4.14. The van der Waals surface area contributed by atoms with Crippen LogP contribution in [0, 0.1) is 0 Å². The average molecular weight is 448 g/mol. The first-order chi connectivity index (χ1) is 16.1. The van der Waals surface area contributed by atoms with Gasteiger partial charge in [-0.15, -0.1) is 0 Å². The third-order valence-corrected chi connectivity index (χ3v) is 5.81. The molecule has 0 bridgehead atoms. The quantitative estimate of drug-likeness (QED) is 0.336. The molecule has 176 valence electrons. The molecule has 2 heterocycles. The Balaban J connectivity index is 0.00000149. The standard InChI is InChI=1S/C25H31N5O.C2H6/c1-3-4-5-22-29-23-24(20-11-10-19(16-31)14-21(20)28-25(23)26)30(22)13-12-17-6-8-18(9-7-17)15-27-2;1-2/h6-11,14,27,31H,3-5,12-13,15-16H2,1-2H3,(H2,26,28);1-2H3. The summed E-state index contributed by atoms with van der Waals surface area (Å²) in [7, 11) is 1.96. The highest BCUT2D eigenvalue weighted by Gasteiger charge is 2.17. The first kappa shape index (κ1) is 24.7. The normalized spacial score (nSPS) is 11.1. The van der Waals surface area contributed by atoms with Crippen LogP contribution >= 0.6 is 0 Å². The van der Waals surface area contributed by atoms with Crippen LogP contribution in [0.15, 0.2) is 42.5 Å². The number of nitrogens with zero attached hydrogens (tertiary/aromatic N) is 3. The summed E-state index contributed by atoms with van der Waals surface area (Å²) >= 11 is 0. The lowest BCUT2D eigenvalue weighted by atomic mass is 10.1. The van der Waals surface area contributed by atoms with Crippen LogP contribution in [0.5, 0.6) is 0 Å². The second kappa shape index (κ2) is 11.8. The number of aryl methyl sites for hydroxylation is 3. The van der Waals surface area contributed by atoms with Crippen LogP contribution in [0.25, 0.3) is 21.9 Å². The molecular formula is C27H37N5O. The fraction of sp³-hybridized carbons (Fsp3) is 0.407. The Morgan fingerprint density at radius 2 is 1.67 bits per heavy atom. The Labute approximate surface area is 196 Å². The molecule has 2 aromatic heterocycles. The van der Waals surface area contributed by atoms with Crippen LogP contribution in [0.4, 0.5) is 5.82 Å². The van der Waals surface area contributed by atoms with Gasteiger partial charge in [-0.3, -0.25) is 0 Å². The molecule has 0 atom stereocenters. The van der Waals surface area contributed by atoms with Gasteiger partial charge in [0.05, 0.1) is 17.6 Å². The minimum absolute atomic E-state index is 0.0138. The number of imidazole rings is 1. The SMILES string of the molecule is CC.CCCCc1nc2c(N)nc3cc(CO)ccc3c2n1CCc1ccc(CNC)cc1. The summed E-state index contributed by atoms with van der Waals surface area (Å²) in [5.41, 5.74) is 12.4. The maximum atomic E-state index is 9.52. The third kappa shape index (κ3) is 5.52. The summed E-state index contributed by atoms with van der Waals surface area (Å²) in [6.45, 7) is 7.89. The highest BCUT2D eigenvalue weighted by molar-refractivity contribution is 6.06. The van der Waals surface area contributed by atoms with Crippen LogP contribution in [0.3, 0.4) is 0 Å². The van der Waals surface area contributed by atoms with E-state index in [-0.39, 0.29) is 6.61 Å². The van der Waals surface area contributed by atoms with Crippen molar-refractivity contribution in [2.24, 2.45) is 0 Å². The summed E-state index contributed by atoms with van der Waals surface area (Å²) in [6, 6.07) is 14.7. The van der Waals surface area contributed by atoms with Crippen LogP contribution in [0.2, 0.25) is 0 Å². The zero-order chi connectivity index (χ0) is 23.8. The number of pyridine rings is 1. The van der Waals surface area contributed by atoms with Gasteiger partial charge in [-0.1, -0.05) is 63.6 Å². The number of benzene rings is 2. The summed E-state index contributed by atoms with van der Waals surface area (Å²) in [5.74, 6) is 1.52. The van der Waals surface area contributed by atoms with E-state index < -0.39 is 0 Å². The molecule has 0 aliphatic carbocycles. The van der Waals surface area contributed by atoms with Crippen molar-refractivity contribution in [3.05, 3.63) is 65.0 Å². The number of nitrogen functional groups attached to an aromatic ring is 1. The monoisotopic (exact) mass is 447 g/mol. The second-order valence-corrected chi connectivity index (χ2v) is 8.08. The lowest BCUT2D eigenvalue weighted by Crippen LogP contribution is -2.08. The maximum absolute atomic E-state index is 9.52. The lowest BCUT2D eigenvalue weighted by Gasteiger charge is -2.12. The van der Waals surface area contributed by atoms with E-state index in [1.165, 1.54) is 11.1 Å². The molecule has 0 saturated heterocycles. The molecule has 4 rings (SSSR count). The van der Waals surface area contributed by atoms with Gasteiger partial charge in [-0.2, -0.15) is 0 Å². The van der Waals surface area contributed by atoms with E-state index in [4.69, 9.17) is 10.7 Å². The number of unbranched alkanes of at least 4 members (excludes halogenated alkanes) is 1. The van der Waals surface area contributed by atoms with E-state index in [9.17, 15) is 5.11 Å². The Morgan fingerprint density at radius 3 is 2.33 bits per heavy atom. The molecule has 0 fully saturated rings. The Kier molecular flexibility index (Phi) is 8.80. The fourth-order valence-electron chi connectivity index (χ4n) is 4.14. The van der Waals surface area contributed by atoms with Gasteiger partial charge in [0, 0.05) is 24.9 Å². The average Bonchev–Trinajstić information content (AvgIpc) is 3.22. The number of fused-ring (bicyclic) bond motifs is 3. The predicted molar refractivity (Wildman–Crippen MR) is 138 cm³/mol. The molecule has 0 amide bonds. The summed E-state index contributed by atoms with van der Waals surface area (Å²) in [4.78, 5) is 9.49. The minimum atomic E-state index is -0.0138. The van der Waals surface area contributed by atoms with Gasteiger partial charge >= 0.3 is 0 Å². The van der Waals surface area contributed by atoms with E-state index in [1.807, 2.05) is 39.1 Å². The molecule has 4 N–H and O–H groups in total. The second-order valence-electron chi connectivity index (χ2n) is 8.08. The van der Waals surface area contributed by atoms with Crippen molar-refractivity contribution in [1.82, 2.24) is 19.9 Å². The van der Waals surface area contributed by atoms with Gasteiger partial charge in [-0.05, 0) is 42.6 Å². The molecular weight excluding hydrogens is 410 g/mol. The van der Waals surface area contributed by atoms with Crippen molar-refractivity contribution in [1.29, 1.82) is 0 Å². The molecule has 6 nitrogen and oxygen atoms in total. The maximum Gasteiger partial charge on any atom is 0.152 e. The van der Waals surface area contributed by atoms with Crippen molar-refractivity contribution in [2.75, 3.05) is 12.8 Å². The largest absolute Gasteiger partial charge is 0.392 e. The van der Waals surface area contributed by atoms with E-state index in [1.54, 1.807) is 0 Å². The lowest BCUT2D eigenvalue weighted by molar-refractivity contribution is 0.282. The summed E-state index contributed by atoms with van der Waals surface area (Å²) in [5, 5.41) is 13.7. The Hall–Kier alpha value is -2.96. The van der Waals surface area contributed by atoms with Crippen molar-refractivity contribution in [3.63, 3.8) is 0 Å². The van der Waals surface area contributed by atoms with E-state index in [0.29, 0.717) is 5.82 Å². The van der Waals surface area contributed by atoms with Gasteiger partial charge in [0.2, 0.25) is 0 Å². The van der Waals surface area contributed by atoms with Crippen LogP contribution < -0.4 is 11.1 Å². The summed E-state index contributed by atoms with van der Waals surface area (Å²) < 4.78 is 2.32. The first-order valence-electron chi connectivity index (χ1n) is 12.0. The molecule has 6 heteroatoms. The number of aliphatic hydroxyl groups is 1. The van der Waals surface area contributed by atoms with Crippen molar-refractivity contribution in [3.8, 4) is 0 Å². The number of aromatic nitrogens is 3. The van der Waals surface area contributed by atoms with Gasteiger partial charge < -0.3 is 20.7 Å². The number of hydrogen-bond donors (Lipinski definition) is 3. The van der Waals surface area contributed by atoms with Crippen LogP contribution in [0.1, 0.15) is 56.1 Å². The minimum Gasteiger partial charge on any atom is -0.392 e. The number of anilines is 1. The highest BCUT2D eigenvalue weighted by atomic mass is 16.3. The molecule has 2 aromatic carbocycles. The van der Waals surface area contributed by atoms with Crippen molar-refractivity contribution in [2.45, 2.75) is 66.2 Å². The van der Waals surface area contributed by atoms with Crippen molar-refractivity contribution < 1.29 is 5.11 Å².